The summed E-state index contributed by atoms with van der Waals surface area (Å²) in [6.07, 6.45) is 2.63. The molecular formula is C12H21N3O. The fourth-order valence-corrected chi connectivity index (χ4v) is 1.98. The van der Waals surface area contributed by atoms with Crippen LogP contribution in [-0.2, 0) is 13.1 Å². The largest absolute Gasteiger partial charge is 0.360 e. The van der Waals surface area contributed by atoms with Crippen molar-refractivity contribution in [2.75, 3.05) is 13.1 Å². The van der Waals surface area contributed by atoms with Gasteiger partial charge in [-0.2, -0.15) is 0 Å². The Hall–Kier alpha value is -0.870. The van der Waals surface area contributed by atoms with Gasteiger partial charge < -0.3 is 9.84 Å². The van der Waals surface area contributed by atoms with E-state index in [9.17, 15) is 0 Å². The standard InChI is InChI=1S/C12H21N3O/c1-10(2)13-8-11-7-12(16-14-11)9-15-5-3-4-6-15/h7,10,13H,3-6,8-9H2,1-2H3. The van der Waals surface area contributed by atoms with Crippen LogP contribution in [0, 0.1) is 0 Å². The van der Waals surface area contributed by atoms with Gasteiger partial charge in [0.25, 0.3) is 0 Å². The highest BCUT2D eigenvalue weighted by Gasteiger charge is 2.14. The van der Waals surface area contributed by atoms with Crippen LogP contribution >= 0.6 is 0 Å². The predicted octanol–water partition coefficient (Wildman–Crippen LogP) is 1.77. The number of hydrogen-bond donors (Lipinski definition) is 1. The number of nitrogens with zero attached hydrogens (tertiary/aromatic N) is 2. The number of aromatic nitrogens is 1. The molecule has 0 spiro atoms. The van der Waals surface area contributed by atoms with Crippen molar-refractivity contribution in [1.82, 2.24) is 15.4 Å². The first-order valence-corrected chi connectivity index (χ1v) is 6.14. The molecule has 1 aromatic rings. The monoisotopic (exact) mass is 223 g/mol. The van der Waals surface area contributed by atoms with E-state index in [1.54, 1.807) is 0 Å². The number of hydrogen-bond acceptors (Lipinski definition) is 4. The van der Waals surface area contributed by atoms with Crippen molar-refractivity contribution < 1.29 is 4.52 Å². The van der Waals surface area contributed by atoms with Crippen molar-refractivity contribution in [1.29, 1.82) is 0 Å². The Morgan fingerprint density at radius 1 is 1.44 bits per heavy atom. The molecule has 0 atom stereocenters. The summed E-state index contributed by atoms with van der Waals surface area (Å²) in [7, 11) is 0. The lowest BCUT2D eigenvalue weighted by Gasteiger charge is -2.10. The molecule has 0 radical (unpaired) electrons. The molecule has 1 N–H and O–H groups in total. The van der Waals surface area contributed by atoms with Crippen LogP contribution in [0.4, 0.5) is 0 Å². The Morgan fingerprint density at radius 2 is 2.19 bits per heavy atom. The van der Waals surface area contributed by atoms with E-state index in [1.165, 1.54) is 25.9 Å². The maximum Gasteiger partial charge on any atom is 0.151 e. The van der Waals surface area contributed by atoms with Gasteiger partial charge in [-0.3, -0.25) is 4.90 Å². The summed E-state index contributed by atoms with van der Waals surface area (Å²) in [5.41, 5.74) is 1.00. The van der Waals surface area contributed by atoms with Gasteiger partial charge in [0.1, 0.15) is 0 Å². The Balaban J connectivity index is 1.81. The molecule has 4 nitrogen and oxygen atoms in total. The molecule has 0 aromatic carbocycles. The van der Waals surface area contributed by atoms with Crippen molar-refractivity contribution in [3.63, 3.8) is 0 Å². The summed E-state index contributed by atoms with van der Waals surface area (Å²) in [6.45, 7) is 8.35. The second-order valence-corrected chi connectivity index (χ2v) is 4.80. The molecule has 2 rings (SSSR count). The van der Waals surface area contributed by atoms with E-state index >= 15 is 0 Å². The summed E-state index contributed by atoms with van der Waals surface area (Å²) >= 11 is 0. The van der Waals surface area contributed by atoms with Crippen LogP contribution in [0.25, 0.3) is 0 Å². The molecule has 90 valence electrons. The van der Waals surface area contributed by atoms with E-state index in [0.29, 0.717) is 6.04 Å². The third-order valence-corrected chi connectivity index (χ3v) is 2.88. The highest BCUT2D eigenvalue weighted by molar-refractivity contribution is 5.05. The van der Waals surface area contributed by atoms with Crippen LogP contribution in [0.5, 0.6) is 0 Å². The molecule has 0 bridgehead atoms. The quantitative estimate of drug-likeness (QED) is 0.826. The Labute approximate surface area is 97.0 Å². The zero-order valence-corrected chi connectivity index (χ0v) is 10.2. The molecular weight excluding hydrogens is 202 g/mol. The zero-order valence-electron chi connectivity index (χ0n) is 10.2. The van der Waals surface area contributed by atoms with Crippen LogP contribution in [0.2, 0.25) is 0 Å². The lowest BCUT2D eigenvalue weighted by molar-refractivity contribution is 0.272. The minimum atomic E-state index is 0.485. The molecule has 1 aliphatic rings. The SMILES string of the molecule is CC(C)NCc1cc(CN2CCCC2)on1. The Morgan fingerprint density at radius 3 is 2.88 bits per heavy atom. The zero-order chi connectivity index (χ0) is 11.4. The van der Waals surface area contributed by atoms with Crippen molar-refractivity contribution >= 4 is 0 Å². The fourth-order valence-electron chi connectivity index (χ4n) is 1.98. The summed E-state index contributed by atoms with van der Waals surface area (Å²) in [5.74, 6) is 0.988. The van der Waals surface area contributed by atoms with E-state index < -0.39 is 0 Å². The second-order valence-electron chi connectivity index (χ2n) is 4.80. The molecule has 0 aliphatic carbocycles. The van der Waals surface area contributed by atoms with Crippen LogP contribution in [0.1, 0.15) is 38.1 Å². The van der Waals surface area contributed by atoms with Gasteiger partial charge in [0.05, 0.1) is 12.2 Å². The summed E-state index contributed by atoms with van der Waals surface area (Å²) in [4.78, 5) is 2.42. The Bertz CT molecular complexity index is 316. The van der Waals surface area contributed by atoms with Crippen LogP contribution in [0.3, 0.4) is 0 Å². The first kappa shape index (κ1) is 11.6. The van der Waals surface area contributed by atoms with Crippen molar-refractivity contribution in [3.8, 4) is 0 Å². The topological polar surface area (TPSA) is 41.3 Å². The van der Waals surface area contributed by atoms with Gasteiger partial charge in [-0.05, 0) is 25.9 Å². The number of likely N-dealkylation sites (tertiary alicyclic amines) is 1. The highest BCUT2D eigenvalue weighted by Crippen LogP contribution is 2.13. The Kier molecular flexibility index (Phi) is 3.96. The van der Waals surface area contributed by atoms with Gasteiger partial charge >= 0.3 is 0 Å². The van der Waals surface area contributed by atoms with Crippen LogP contribution in [-0.4, -0.2) is 29.2 Å². The molecule has 1 fully saturated rings. The van der Waals surface area contributed by atoms with Crippen molar-refractivity contribution in [2.24, 2.45) is 0 Å². The van der Waals surface area contributed by atoms with Crippen LogP contribution in [0.15, 0.2) is 10.6 Å². The van der Waals surface area contributed by atoms with Gasteiger partial charge in [-0.25, -0.2) is 0 Å². The second kappa shape index (κ2) is 5.46. The fraction of sp³-hybridized carbons (Fsp3) is 0.750. The lowest BCUT2D eigenvalue weighted by Crippen LogP contribution is -2.21. The van der Waals surface area contributed by atoms with Gasteiger partial charge in [-0.1, -0.05) is 19.0 Å². The first-order chi connectivity index (χ1) is 7.74. The van der Waals surface area contributed by atoms with E-state index in [1.807, 2.05) is 0 Å². The third-order valence-electron chi connectivity index (χ3n) is 2.88. The van der Waals surface area contributed by atoms with Gasteiger partial charge in [0, 0.05) is 18.7 Å². The van der Waals surface area contributed by atoms with E-state index in [4.69, 9.17) is 4.52 Å². The molecule has 0 saturated carbocycles. The predicted molar refractivity (Wildman–Crippen MR) is 63.0 cm³/mol. The average Bonchev–Trinajstić information content (AvgIpc) is 2.87. The molecule has 2 heterocycles. The van der Waals surface area contributed by atoms with Crippen molar-refractivity contribution in [3.05, 3.63) is 17.5 Å². The maximum absolute atomic E-state index is 5.33. The molecule has 0 unspecified atom stereocenters. The highest BCUT2D eigenvalue weighted by atomic mass is 16.5. The van der Waals surface area contributed by atoms with Crippen molar-refractivity contribution in [2.45, 2.75) is 45.8 Å². The molecule has 0 amide bonds. The normalized spacial score (nSPS) is 17.4. The minimum Gasteiger partial charge on any atom is -0.360 e. The van der Waals surface area contributed by atoms with Gasteiger partial charge in [0.2, 0.25) is 0 Å². The molecule has 16 heavy (non-hydrogen) atoms. The maximum atomic E-state index is 5.33. The summed E-state index contributed by atoms with van der Waals surface area (Å²) in [6, 6.07) is 2.55. The van der Waals surface area contributed by atoms with E-state index in [0.717, 1.165) is 24.5 Å². The van der Waals surface area contributed by atoms with Gasteiger partial charge in [-0.15, -0.1) is 0 Å². The molecule has 1 aromatic heterocycles. The molecule has 1 aliphatic heterocycles. The lowest BCUT2D eigenvalue weighted by atomic mass is 10.3. The average molecular weight is 223 g/mol. The first-order valence-electron chi connectivity index (χ1n) is 6.14. The number of nitrogens with one attached hydrogen (secondary N) is 1. The minimum absolute atomic E-state index is 0.485. The smallest absolute Gasteiger partial charge is 0.151 e. The number of rotatable bonds is 5. The third kappa shape index (κ3) is 3.32. The molecule has 1 saturated heterocycles. The summed E-state index contributed by atoms with van der Waals surface area (Å²) < 4.78 is 5.33. The van der Waals surface area contributed by atoms with Crippen LogP contribution < -0.4 is 5.32 Å². The van der Waals surface area contributed by atoms with E-state index in [-0.39, 0.29) is 0 Å². The summed E-state index contributed by atoms with van der Waals surface area (Å²) in [5, 5.41) is 7.40. The van der Waals surface area contributed by atoms with Gasteiger partial charge in [0.15, 0.2) is 5.76 Å². The molecule has 4 heteroatoms. The van der Waals surface area contributed by atoms with E-state index in [2.05, 4.69) is 35.3 Å².